The molecule has 0 fully saturated rings. The van der Waals surface area contributed by atoms with Crippen LogP contribution in [0.1, 0.15) is 58.6 Å². The highest BCUT2D eigenvalue weighted by molar-refractivity contribution is 5.79. The SMILES string of the molecule is CCCC(CN)C(=O)NC(CC(C)(C)C)c1ccccc1. The van der Waals surface area contributed by atoms with Crippen LogP contribution in [0.15, 0.2) is 30.3 Å². The van der Waals surface area contributed by atoms with E-state index in [1.807, 2.05) is 18.2 Å². The van der Waals surface area contributed by atoms with Gasteiger partial charge >= 0.3 is 0 Å². The molecule has 0 spiro atoms. The normalized spacial score (nSPS) is 14.5. The first-order valence-corrected chi connectivity index (χ1v) is 7.92. The summed E-state index contributed by atoms with van der Waals surface area (Å²) in [5.41, 5.74) is 7.05. The summed E-state index contributed by atoms with van der Waals surface area (Å²) in [4.78, 5) is 12.4. The highest BCUT2D eigenvalue weighted by Gasteiger charge is 2.24. The first kappa shape index (κ1) is 17.7. The monoisotopic (exact) mass is 290 g/mol. The molecule has 2 unspecified atom stereocenters. The van der Waals surface area contributed by atoms with Gasteiger partial charge in [-0.1, -0.05) is 64.4 Å². The second kappa shape index (κ2) is 8.18. The third kappa shape index (κ3) is 6.30. The maximum Gasteiger partial charge on any atom is 0.224 e. The van der Waals surface area contributed by atoms with Crippen molar-refractivity contribution >= 4 is 5.91 Å². The van der Waals surface area contributed by atoms with E-state index in [1.165, 1.54) is 0 Å². The number of rotatable bonds is 7. The van der Waals surface area contributed by atoms with Crippen LogP contribution in [0.25, 0.3) is 0 Å². The number of nitrogens with one attached hydrogen (secondary N) is 1. The Morgan fingerprint density at radius 3 is 2.33 bits per heavy atom. The van der Waals surface area contributed by atoms with Gasteiger partial charge in [-0.3, -0.25) is 4.79 Å². The maximum absolute atomic E-state index is 12.4. The predicted octanol–water partition coefficient (Wildman–Crippen LogP) is 3.66. The molecule has 21 heavy (non-hydrogen) atoms. The fourth-order valence-corrected chi connectivity index (χ4v) is 2.54. The van der Waals surface area contributed by atoms with Gasteiger partial charge in [0.05, 0.1) is 12.0 Å². The summed E-state index contributed by atoms with van der Waals surface area (Å²) in [6, 6.07) is 10.2. The summed E-state index contributed by atoms with van der Waals surface area (Å²) in [5, 5.41) is 3.21. The van der Waals surface area contributed by atoms with Crippen molar-refractivity contribution in [2.75, 3.05) is 6.54 Å². The largest absolute Gasteiger partial charge is 0.349 e. The molecule has 0 aromatic heterocycles. The molecule has 0 bridgehead atoms. The summed E-state index contributed by atoms with van der Waals surface area (Å²) >= 11 is 0. The molecule has 3 heteroatoms. The van der Waals surface area contributed by atoms with Gasteiger partial charge < -0.3 is 11.1 Å². The lowest BCUT2D eigenvalue weighted by Gasteiger charge is -2.28. The van der Waals surface area contributed by atoms with Crippen molar-refractivity contribution in [3.05, 3.63) is 35.9 Å². The number of hydrogen-bond donors (Lipinski definition) is 2. The van der Waals surface area contributed by atoms with E-state index in [0.717, 1.165) is 24.8 Å². The zero-order chi connectivity index (χ0) is 15.9. The fourth-order valence-electron chi connectivity index (χ4n) is 2.54. The molecule has 1 aromatic carbocycles. The minimum Gasteiger partial charge on any atom is -0.349 e. The zero-order valence-electron chi connectivity index (χ0n) is 13.9. The van der Waals surface area contributed by atoms with Crippen LogP contribution >= 0.6 is 0 Å². The van der Waals surface area contributed by atoms with Gasteiger partial charge in [0, 0.05) is 6.54 Å². The van der Waals surface area contributed by atoms with Gasteiger partial charge in [0.2, 0.25) is 5.91 Å². The van der Waals surface area contributed by atoms with E-state index in [0.29, 0.717) is 6.54 Å². The average Bonchev–Trinajstić information content (AvgIpc) is 2.43. The van der Waals surface area contributed by atoms with Crippen LogP contribution in [0.2, 0.25) is 0 Å². The summed E-state index contributed by atoms with van der Waals surface area (Å²) in [6.45, 7) is 9.08. The number of nitrogens with two attached hydrogens (primary N) is 1. The number of hydrogen-bond acceptors (Lipinski definition) is 2. The topological polar surface area (TPSA) is 55.1 Å². The number of benzene rings is 1. The molecule has 0 aliphatic rings. The molecule has 1 rings (SSSR count). The Bertz CT molecular complexity index is 423. The van der Waals surface area contributed by atoms with Gasteiger partial charge in [0.15, 0.2) is 0 Å². The quantitative estimate of drug-likeness (QED) is 0.805. The first-order valence-electron chi connectivity index (χ1n) is 7.92. The van der Waals surface area contributed by atoms with Gasteiger partial charge in [-0.05, 0) is 23.8 Å². The van der Waals surface area contributed by atoms with Crippen LogP contribution in [0.3, 0.4) is 0 Å². The van der Waals surface area contributed by atoms with E-state index in [9.17, 15) is 4.79 Å². The van der Waals surface area contributed by atoms with E-state index in [1.54, 1.807) is 0 Å². The third-order valence-corrected chi connectivity index (χ3v) is 3.63. The van der Waals surface area contributed by atoms with Crippen molar-refractivity contribution in [1.82, 2.24) is 5.32 Å². The smallest absolute Gasteiger partial charge is 0.224 e. The minimum absolute atomic E-state index is 0.0459. The lowest BCUT2D eigenvalue weighted by Crippen LogP contribution is -2.38. The van der Waals surface area contributed by atoms with Crippen molar-refractivity contribution in [1.29, 1.82) is 0 Å². The van der Waals surface area contributed by atoms with Crippen molar-refractivity contribution in [3.63, 3.8) is 0 Å². The Hall–Kier alpha value is -1.35. The molecule has 0 aliphatic carbocycles. The van der Waals surface area contributed by atoms with E-state index in [4.69, 9.17) is 5.73 Å². The highest BCUT2D eigenvalue weighted by Crippen LogP contribution is 2.29. The van der Waals surface area contributed by atoms with Crippen LogP contribution < -0.4 is 11.1 Å². The van der Waals surface area contributed by atoms with Gasteiger partial charge in [-0.25, -0.2) is 0 Å². The fraction of sp³-hybridized carbons (Fsp3) is 0.611. The summed E-state index contributed by atoms with van der Waals surface area (Å²) in [6.07, 6.45) is 2.73. The molecule has 0 radical (unpaired) electrons. The van der Waals surface area contributed by atoms with Crippen LogP contribution in [0, 0.1) is 11.3 Å². The predicted molar refractivity (Wildman–Crippen MR) is 88.9 cm³/mol. The van der Waals surface area contributed by atoms with Crippen molar-refractivity contribution < 1.29 is 4.79 Å². The molecule has 3 nitrogen and oxygen atoms in total. The van der Waals surface area contributed by atoms with Gasteiger partial charge in [-0.2, -0.15) is 0 Å². The molecular formula is C18H30N2O. The molecule has 1 aromatic rings. The lowest BCUT2D eigenvalue weighted by molar-refractivity contribution is -0.125. The number of amides is 1. The Balaban J connectivity index is 2.85. The summed E-state index contributed by atoms with van der Waals surface area (Å²) in [5.74, 6) is -0.00127. The van der Waals surface area contributed by atoms with E-state index in [-0.39, 0.29) is 23.3 Å². The highest BCUT2D eigenvalue weighted by atomic mass is 16.1. The van der Waals surface area contributed by atoms with Gasteiger partial charge in [0.25, 0.3) is 0 Å². The molecule has 2 atom stereocenters. The van der Waals surface area contributed by atoms with Gasteiger partial charge in [-0.15, -0.1) is 0 Å². The molecule has 0 aliphatic heterocycles. The molecular weight excluding hydrogens is 260 g/mol. The summed E-state index contributed by atoms with van der Waals surface area (Å²) < 4.78 is 0. The lowest BCUT2D eigenvalue weighted by atomic mass is 9.85. The van der Waals surface area contributed by atoms with Crippen LogP contribution in [-0.4, -0.2) is 12.5 Å². The minimum atomic E-state index is -0.0822. The Morgan fingerprint density at radius 2 is 1.86 bits per heavy atom. The molecule has 118 valence electrons. The number of carbonyl (C=O) groups is 1. The van der Waals surface area contributed by atoms with Gasteiger partial charge in [0.1, 0.15) is 0 Å². The zero-order valence-corrected chi connectivity index (χ0v) is 13.9. The Morgan fingerprint density at radius 1 is 1.24 bits per heavy atom. The van der Waals surface area contributed by atoms with Crippen molar-refractivity contribution in [3.8, 4) is 0 Å². The first-order chi connectivity index (χ1) is 9.87. The maximum atomic E-state index is 12.4. The van der Waals surface area contributed by atoms with Crippen molar-refractivity contribution in [2.45, 2.75) is 53.0 Å². The standard InChI is InChI=1S/C18H30N2O/c1-5-9-15(13-19)17(21)20-16(12-18(2,3)4)14-10-7-6-8-11-14/h6-8,10-11,15-16H,5,9,12-13,19H2,1-4H3,(H,20,21). The second-order valence-corrected chi connectivity index (χ2v) is 6.96. The average molecular weight is 290 g/mol. The molecule has 0 heterocycles. The molecule has 1 amide bonds. The second-order valence-electron chi connectivity index (χ2n) is 6.96. The van der Waals surface area contributed by atoms with E-state index >= 15 is 0 Å². The Labute approximate surface area is 129 Å². The summed E-state index contributed by atoms with van der Waals surface area (Å²) in [7, 11) is 0. The third-order valence-electron chi connectivity index (χ3n) is 3.63. The van der Waals surface area contributed by atoms with E-state index in [2.05, 4.69) is 45.1 Å². The van der Waals surface area contributed by atoms with Crippen molar-refractivity contribution in [2.24, 2.45) is 17.1 Å². The Kier molecular flexibility index (Phi) is 6.90. The number of carbonyl (C=O) groups excluding carboxylic acids is 1. The van der Waals surface area contributed by atoms with Crippen LogP contribution in [-0.2, 0) is 4.79 Å². The molecule has 3 N–H and O–H groups in total. The van der Waals surface area contributed by atoms with E-state index < -0.39 is 0 Å². The molecule has 0 saturated carbocycles. The van der Waals surface area contributed by atoms with Crippen LogP contribution in [0.5, 0.6) is 0 Å². The molecule has 0 saturated heterocycles. The van der Waals surface area contributed by atoms with Crippen LogP contribution in [0.4, 0.5) is 0 Å².